The van der Waals surface area contributed by atoms with Crippen LogP contribution in [0.1, 0.15) is 11.1 Å². The number of halogens is 6. The van der Waals surface area contributed by atoms with Crippen LogP contribution in [0.25, 0.3) is 76.5 Å². The van der Waals surface area contributed by atoms with Gasteiger partial charge in [0.15, 0.2) is 0 Å². The monoisotopic (exact) mass is 626 g/mol. The molecule has 4 nitrogen and oxygen atoms in total. The van der Waals surface area contributed by atoms with Crippen molar-refractivity contribution >= 4 is 65.4 Å². The highest BCUT2D eigenvalue weighted by molar-refractivity contribution is 6.15. The molecule has 6 aromatic carbocycles. The summed E-state index contributed by atoms with van der Waals surface area (Å²) in [4.78, 5) is 27.7. The Morgan fingerprint density at radius 3 is 2.02 bits per heavy atom. The zero-order valence-electron chi connectivity index (χ0n) is 23.1. The third kappa shape index (κ3) is 4.09. The SMILES string of the molecule is O=c1c2cc(C(F)(F)F)ccc2oc2ccc3ccc(-c4cc5ccccc5c5c(=O)c6c(C(F)(F)F)cccc6oc45)cc3c12. The van der Waals surface area contributed by atoms with Crippen LogP contribution in [0.4, 0.5) is 26.3 Å². The molecule has 2 aromatic heterocycles. The lowest BCUT2D eigenvalue weighted by Gasteiger charge is -2.14. The third-order valence-electron chi connectivity index (χ3n) is 8.29. The summed E-state index contributed by atoms with van der Waals surface area (Å²) in [5.74, 6) is 0. The first-order chi connectivity index (χ1) is 21.9. The van der Waals surface area contributed by atoms with E-state index >= 15 is 0 Å². The van der Waals surface area contributed by atoms with Crippen LogP contribution >= 0.6 is 0 Å². The van der Waals surface area contributed by atoms with Crippen LogP contribution in [0.15, 0.2) is 115 Å². The Labute approximate surface area is 252 Å². The Balaban J connectivity index is 1.48. The van der Waals surface area contributed by atoms with Gasteiger partial charge in [-0.1, -0.05) is 48.5 Å². The molecule has 0 aliphatic carbocycles. The minimum absolute atomic E-state index is 0.00610. The minimum Gasteiger partial charge on any atom is -0.456 e. The van der Waals surface area contributed by atoms with Gasteiger partial charge in [0.05, 0.1) is 32.7 Å². The Kier molecular flexibility index (Phi) is 5.72. The molecule has 0 aliphatic rings. The molecule has 0 unspecified atom stereocenters. The van der Waals surface area contributed by atoms with Crippen LogP contribution in [-0.4, -0.2) is 0 Å². The molecule has 10 heteroatoms. The van der Waals surface area contributed by atoms with Crippen molar-refractivity contribution in [2.24, 2.45) is 0 Å². The number of fused-ring (bicyclic) bond motifs is 8. The van der Waals surface area contributed by atoms with E-state index in [4.69, 9.17) is 8.83 Å². The molecule has 0 atom stereocenters. The molecule has 0 N–H and O–H groups in total. The van der Waals surface area contributed by atoms with Gasteiger partial charge in [-0.05, 0) is 75.6 Å². The molecule has 0 saturated heterocycles. The fraction of sp³-hybridized carbons (Fsp3) is 0.0556. The van der Waals surface area contributed by atoms with Gasteiger partial charge in [-0.15, -0.1) is 0 Å². The summed E-state index contributed by atoms with van der Waals surface area (Å²) in [7, 11) is 0. The molecule has 0 spiro atoms. The topological polar surface area (TPSA) is 60.4 Å². The van der Waals surface area contributed by atoms with Crippen molar-refractivity contribution in [3.05, 3.63) is 129 Å². The second kappa shape index (κ2) is 9.43. The predicted octanol–water partition coefficient (Wildman–Crippen LogP) is 10.2. The normalized spacial score (nSPS) is 12.7. The van der Waals surface area contributed by atoms with Gasteiger partial charge in [0.1, 0.15) is 22.3 Å². The van der Waals surface area contributed by atoms with E-state index in [0.29, 0.717) is 32.7 Å². The Hall–Kier alpha value is -5.64. The maximum atomic E-state index is 14.0. The average Bonchev–Trinajstić information content (AvgIpc) is 3.02. The minimum atomic E-state index is -4.80. The number of alkyl halides is 6. The van der Waals surface area contributed by atoms with Gasteiger partial charge in [0.2, 0.25) is 10.9 Å². The molecule has 8 aromatic rings. The van der Waals surface area contributed by atoms with Crippen LogP contribution in [0, 0.1) is 0 Å². The summed E-state index contributed by atoms with van der Waals surface area (Å²) < 4.78 is 94.3. The lowest BCUT2D eigenvalue weighted by molar-refractivity contribution is -0.137. The van der Waals surface area contributed by atoms with Crippen LogP contribution in [-0.2, 0) is 12.4 Å². The number of benzene rings is 6. The van der Waals surface area contributed by atoms with Gasteiger partial charge in [0.25, 0.3) is 0 Å². The summed E-state index contributed by atoms with van der Waals surface area (Å²) in [5.41, 5.74) is -2.85. The molecule has 0 fully saturated rings. The zero-order chi connectivity index (χ0) is 32.1. The molecule has 0 aliphatic heterocycles. The van der Waals surface area contributed by atoms with E-state index in [1.54, 1.807) is 60.7 Å². The predicted molar refractivity (Wildman–Crippen MR) is 164 cm³/mol. The molecular weight excluding hydrogens is 610 g/mol. The van der Waals surface area contributed by atoms with Crippen molar-refractivity contribution < 1.29 is 35.2 Å². The van der Waals surface area contributed by atoms with E-state index < -0.39 is 39.7 Å². The van der Waals surface area contributed by atoms with Gasteiger partial charge in [0, 0.05) is 5.56 Å². The highest BCUT2D eigenvalue weighted by Gasteiger charge is 2.35. The summed E-state index contributed by atoms with van der Waals surface area (Å²) in [6.07, 6.45) is -9.48. The smallest absolute Gasteiger partial charge is 0.417 e. The fourth-order valence-corrected chi connectivity index (χ4v) is 6.21. The number of hydrogen-bond donors (Lipinski definition) is 0. The lowest BCUT2D eigenvalue weighted by Crippen LogP contribution is -2.13. The van der Waals surface area contributed by atoms with Gasteiger partial charge < -0.3 is 8.83 Å². The first kappa shape index (κ1) is 27.9. The van der Waals surface area contributed by atoms with E-state index in [2.05, 4.69) is 0 Å². The molecular formula is C36H16F6O4. The van der Waals surface area contributed by atoms with Crippen LogP contribution in [0.5, 0.6) is 0 Å². The maximum absolute atomic E-state index is 14.0. The van der Waals surface area contributed by atoms with E-state index in [1.807, 2.05) is 0 Å². The van der Waals surface area contributed by atoms with Crippen LogP contribution < -0.4 is 10.9 Å². The highest BCUT2D eigenvalue weighted by Crippen LogP contribution is 2.40. The van der Waals surface area contributed by atoms with Gasteiger partial charge >= 0.3 is 12.4 Å². The Bertz CT molecular complexity index is 2720. The van der Waals surface area contributed by atoms with Crippen molar-refractivity contribution in [3.63, 3.8) is 0 Å². The summed E-state index contributed by atoms with van der Waals surface area (Å²) in [6, 6.07) is 22.8. The van der Waals surface area contributed by atoms with Crippen molar-refractivity contribution in [2.45, 2.75) is 12.4 Å². The third-order valence-corrected chi connectivity index (χ3v) is 8.29. The van der Waals surface area contributed by atoms with Crippen molar-refractivity contribution in [2.75, 3.05) is 0 Å². The first-order valence-electron chi connectivity index (χ1n) is 13.9. The number of hydrogen-bond acceptors (Lipinski definition) is 4. The second-order valence-corrected chi connectivity index (χ2v) is 11.0. The molecule has 0 radical (unpaired) electrons. The summed E-state index contributed by atoms with van der Waals surface area (Å²) >= 11 is 0. The molecule has 0 saturated carbocycles. The molecule has 226 valence electrons. The quantitative estimate of drug-likeness (QED) is 0.103. The molecule has 46 heavy (non-hydrogen) atoms. The van der Waals surface area contributed by atoms with Crippen molar-refractivity contribution in [1.82, 2.24) is 0 Å². The Morgan fingerprint density at radius 2 is 1.24 bits per heavy atom. The zero-order valence-corrected chi connectivity index (χ0v) is 23.1. The van der Waals surface area contributed by atoms with Gasteiger partial charge in [-0.2, -0.15) is 26.3 Å². The van der Waals surface area contributed by atoms with Crippen LogP contribution in [0.2, 0.25) is 0 Å². The number of rotatable bonds is 1. The fourth-order valence-electron chi connectivity index (χ4n) is 6.21. The first-order valence-corrected chi connectivity index (χ1v) is 13.9. The van der Waals surface area contributed by atoms with Crippen molar-refractivity contribution in [3.8, 4) is 11.1 Å². The molecule has 8 rings (SSSR count). The Morgan fingerprint density at radius 1 is 0.500 bits per heavy atom. The van der Waals surface area contributed by atoms with E-state index in [9.17, 15) is 35.9 Å². The average molecular weight is 627 g/mol. The second-order valence-electron chi connectivity index (χ2n) is 11.0. The van der Waals surface area contributed by atoms with E-state index in [1.165, 1.54) is 6.07 Å². The van der Waals surface area contributed by atoms with Crippen LogP contribution in [0.3, 0.4) is 0 Å². The maximum Gasteiger partial charge on any atom is 0.417 e. The molecule has 2 heterocycles. The summed E-state index contributed by atoms with van der Waals surface area (Å²) in [5, 5.41) is 1.09. The molecule has 0 bridgehead atoms. The van der Waals surface area contributed by atoms with E-state index in [0.717, 1.165) is 30.3 Å². The largest absolute Gasteiger partial charge is 0.456 e. The summed E-state index contributed by atoms with van der Waals surface area (Å²) in [6.45, 7) is 0. The van der Waals surface area contributed by atoms with Gasteiger partial charge in [-0.25, -0.2) is 0 Å². The standard InChI is InChI=1S/C36H16F6O4/c37-35(38,39)20-11-13-26-24(16-20)32(43)29-22-14-19(9-8-17(22)10-12-28(29)45-26)23-15-18-4-1-2-5-21(18)30-33(44)31-25(36(40,41)42)6-3-7-27(31)46-34(23)30/h1-16H. The van der Waals surface area contributed by atoms with Crippen molar-refractivity contribution in [1.29, 1.82) is 0 Å². The molecule has 0 amide bonds. The van der Waals surface area contributed by atoms with Gasteiger partial charge in [-0.3, -0.25) is 9.59 Å². The lowest BCUT2D eigenvalue weighted by atomic mass is 9.93. The van der Waals surface area contributed by atoms with E-state index in [-0.39, 0.29) is 38.5 Å². The highest BCUT2D eigenvalue weighted by atomic mass is 19.4.